The van der Waals surface area contributed by atoms with Gasteiger partial charge in [-0.25, -0.2) is 4.79 Å². The van der Waals surface area contributed by atoms with Crippen molar-refractivity contribution in [3.63, 3.8) is 0 Å². The molecule has 4 aliphatic rings. The summed E-state index contributed by atoms with van der Waals surface area (Å²) in [5.74, 6) is 1.01. The Balaban J connectivity index is 1.13. The van der Waals surface area contributed by atoms with Gasteiger partial charge in [0.2, 0.25) is 5.91 Å². The van der Waals surface area contributed by atoms with Crippen molar-refractivity contribution in [1.29, 1.82) is 0 Å². The lowest BCUT2D eigenvalue weighted by Gasteiger charge is -2.36. The van der Waals surface area contributed by atoms with Crippen molar-refractivity contribution in [1.82, 2.24) is 20.3 Å². The number of rotatable bonds is 5. The van der Waals surface area contributed by atoms with Crippen LogP contribution in [0, 0.1) is 5.92 Å². The van der Waals surface area contributed by atoms with Crippen LogP contribution in [0.25, 0.3) is 11.0 Å². The molecule has 32 heavy (non-hydrogen) atoms. The summed E-state index contributed by atoms with van der Waals surface area (Å²) in [4.78, 5) is 30.5. The third kappa shape index (κ3) is 3.68. The lowest BCUT2D eigenvalue weighted by Crippen LogP contribution is -2.49. The zero-order valence-electron chi connectivity index (χ0n) is 18.2. The van der Waals surface area contributed by atoms with E-state index in [4.69, 9.17) is 9.26 Å². The number of likely N-dealkylation sites (tertiary alicyclic amines) is 2. The van der Waals surface area contributed by atoms with Gasteiger partial charge in [0.05, 0.1) is 5.39 Å². The molecule has 5 heterocycles. The van der Waals surface area contributed by atoms with E-state index >= 15 is 0 Å². The molecule has 0 radical (unpaired) electrons. The van der Waals surface area contributed by atoms with Crippen LogP contribution in [-0.2, 0) is 16.1 Å². The molecule has 6 rings (SSSR count). The predicted molar refractivity (Wildman–Crippen MR) is 117 cm³/mol. The predicted octanol–water partition coefficient (Wildman–Crippen LogP) is 1.96. The lowest BCUT2D eigenvalue weighted by atomic mass is 9.99. The first-order valence-corrected chi connectivity index (χ1v) is 11.7. The van der Waals surface area contributed by atoms with Gasteiger partial charge in [-0.05, 0) is 42.9 Å². The minimum absolute atomic E-state index is 0.255. The van der Waals surface area contributed by atoms with Crippen molar-refractivity contribution in [2.75, 3.05) is 44.3 Å². The first-order chi connectivity index (χ1) is 15.6. The summed E-state index contributed by atoms with van der Waals surface area (Å²) >= 11 is 0. The van der Waals surface area contributed by atoms with Crippen LogP contribution in [-0.4, -0.2) is 78.4 Å². The highest BCUT2D eigenvalue weighted by Gasteiger charge is 2.43. The van der Waals surface area contributed by atoms with Crippen LogP contribution in [0.4, 0.5) is 10.6 Å². The summed E-state index contributed by atoms with van der Waals surface area (Å²) in [5, 5.41) is 7.29. The number of hydrogen-bond donors (Lipinski definition) is 1. The molecule has 1 aromatic carbocycles. The van der Waals surface area contributed by atoms with Crippen molar-refractivity contribution in [2.45, 2.75) is 44.3 Å². The van der Waals surface area contributed by atoms with E-state index in [1.165, 1.54) is 36.3 Å². The molecule has 9 nitrogen and oxygen atoms in total. The molecule has 1 aromatic heterocycles. The molecule has 1 N–H and O–H groups in total. The minimum Gasteiger partial charge on any atom is -0.381 e. The molecule has 0 unspecified atom stereocenters. The highest BCUT2D eigenvalue weighted by molar-refractivity contribution is 6.08. The molecule has 0 spiro atoms. The van der Waals surface area contributed by atoms with Crippen LogP contribution < -0.4 is 10.2 Å². The molecular formula is C23H29N5O4. The number of benzene rings is 1. The quantitative estimate of drug-likeness (QED) is 0.762. The Morgan fingerprint density at radius 1 is 1.09 bits per heavy atom. The van der Waals surface area contributed by atoms with Crippen LogP contribution in [0.5, 0.6) is 0 Å². The Morgan fingerprint density at radius 2 is 1.91 bits per heavy atom. The van der Waals surface area contributed by atoms with E-state index in [1.54, 1.807) is 0 Å². The molecule has 3 amide bonds. The fourth-order valence-corrected chi connectivity index (χ4v) is 5.78. The van der Waals surface area contributed by atoms with Crippen molar-refractivity contribution >= 4 is 28.7 Å². The number of amides is 3. The van der Waals surface area contributed by atoms with E-state index in [9.17, 15) is 9.59 Å². The van der Waals surface area contributed by atoms with Gasteiger partial charge in [0, 0.05) is 64.4 Å². The van der Waals surface area contributed by atoms with Gasteiger partial charge in [0.1, 0.15) is 0 Å². The Kier molecular flexibility index (Phi) is 5.12. The molecule has 4 fully saturated rings. The van der Waals surface area contributed by atoms with Crippen molar-refractivity contribution < 1.29 is 18.8 Å². The number of hydrogen-bond acceptors (Lipinski definition) is 7. The number of ether oxygens (including phenoxy) is 1. The van der Waals surface area contributed by atoms with Crippen molar-refractivity contribution in [3.05, 3.63) is 23.8 Å². The van der Waals surface area contributed by atoms with Gasteiger partial charge in [0.25, 0.3) is 0 Å². The van der Waals surface area contributed by atoms with Gasteiger partial charge < -0.3 is 9.26 Å². The first kappa shape index (κ1) is 20.1. The van der Waals surface area contributed by atoms with Crippen LogP contribution >= 0.6 is 0 Å². The van der Waals surface area contributed by atoms with Gasteiger partial charge in [-0.1, -0.05) is 11.2 Å². The maximum Gasteiger partial charge on any atom is 0.329 e. The first-order valence-electron chi connectivity index (χ1n) is 11.7. The number of aromatic nitrogens is 1. The molecule has 2 aromatic rings. The Labute approximate surface area is 186 Å². The van der Waals surface area contributed by atoms with Gasteiger partial charge >= 0.3 is 6.03 Å². The molecule has 9 heteroatoms. The number of nitrogens with one attached hydrogen (secondary N) is 1. The maximum atomic E-state index is 12.3. The SMILES string of the molecule is O=C1CCN(c2noc3ccc(CN4C[C@@H]5C[C@H]4CN5CC4CCOCC4)cc23)C(=O)N1. The number of urea groups is 1. The van der Waals surface area contributed by atoms with Crippen molar-refractivity contribution in [3.8, 4) is 0 Å². The normalized spacial score (nSPS) is 27.6. The fraction of sp³-hybridized carbons (Fsp3) is 0.609. The highest BCUT2D eigenvalue weighted by atomic mass is 16.5. The van der Waals surface area contributed by atoms with E-state index in [2.05, 4.69) is 32.4 Å². The van der Waals surface area contributed by atoms with Crippen LogP contribution in [0.3, 0.4) is 0 Å². The fourth-order valence-electron chi connectivity index (χ4n) is 5.78. The van der Waals surface area contributed by atoms with Gasteiger partial charge in [-0.15, -0.1) is 0 Å². The highest BCUT2D eigenvalue weighted by Crippen LogP contribution is 2.34. The minimum atomic E-state index is -0.441. The van der Waals surface area contributed by atoms with Crippen molar-refractivity contribution in [2.24, 2.45) is 5.92 Å². The van der Waals surface area contributed by atoms with Crippen LogP contribution in [0.1, 0.15) is 31.2 Å². The topological polar surface area (TPSA) is 91.2 Å². The maximum absolute atomic E-state index is 12.3. The number of piperazine rings is 1. The Bertz CT molecular complexity index is 1030. The number of fused-ring (bicyclic) bond motifs is 3. The number of carbonyl (C=O) groups is 2. The Hall–Kier alpha value is -2.49. The third-order valence-electron chi connectivity index (χ3n) is 7.51. The molecule has 4 aliphatic heterocycles. The van der Waals surface area contributed by atoms with Gasteiger partial charge in [-0.2, -0.15) is 0 Å². The number of nitrogens with zero attached hydrogens (tertiary/aromatic N) is 4. The monoisotopic (exact) mass is 439 g/mol. The largest absolute Gasteiger partial charge is 0.381 e. The summed E-state index contributed by atoms with van der Waals surface area (Å²) in [5.41, 5.74) is 1.85. The average Bonchev–Trinajstić information content (AvgIpc) is 3.49. The number of carbonyl (C=O) groups excluding carboxylic acids is 2. The third-order valence-corrected chi connectivity index (χ3v) is 7.51. The van der Waals surface area contributed by atoms with Gasteiger partial charge in [0.15, 0.2) is 11.4 Å². The zero-order chi connectivity index (χ0) is 21.7. The van der Waals surface area contributed by atoms with E-state index in [1.807, 2.05) is 6.07 Å². The average molecular weight is 440 g/mol. The van der Waals surface area contributed by atoms with Crippen LogP contribution in [0.15, 0.2) is 22.7 Å². The molecule has 4 saturated heterocycles. The molecule has 2 atom stereocenters. The summed E-state index contributed by atoms with van der Waals surface area (Å²) < 4.78 is 11.0. The molecule has 0 aliphatic carbocycles. The Morgan fingerprint density at radius 3 is 2.69 bits per heavy atom. The second-order valence-corrected chi connectivity index (χ2v) is 9.57. The molecular weight excluding hydrogens is 410 g/mol. The summed E-state index contributed by atoms with van der Waals surface area (Å²) in [6.07, 6.45) is 3.91. The van der Waals surface area contributed by atoms with Crippen LogP contribution in [0.2, 0.25) is 0 Å². The summed E-state index contributed by atoms with van der Waals surface area (Å²) in [7, 11) is 0. The summed E-state index contributed by atoms with van der Waals surface area (Å²) in [6.45, 7) is 6.52. The summed E-state index contributed by atoms with van der Waals surface area (Å²) in [6, 6.07) is 6.92. The second kappa shape index (κ2) is 8.13. The van der Waals surface area contributed by atoms with E-state index in [0.717, 1.165) is 44.2 Å². The standard InChI is InChI=1S/C23H29N5O4/c29-21-3-6-28(23(30)24-21)22-19-9-16(1-2-20(19)32-25-22)12-27-14-17-10-18(27)13-26(17)11-15-4-7-31-8-5-15/h1-2,9,15,17-18H,3-8,10-14H2,(H,24,29,30)/t17-,18-/m0/s1. The van der Waals surface area contributed by atoms with E-state index in [0.29, 0.717) is 30.0 Å². The lowest BCUT2D eigenvalue weighted by molar-refractivity contribution is -0.120. The van der Waals surface area contributed by atoms with E-state index < -0.39 is 6.03 Å². The zero-order valence-corrected chi connectivity index (χ0v) is 18.2. The smallest absolute Gasteiger partial charge is 0.329 e. The van der Waals surface area contributed by atoms with Gasteiger partial charge in [-0.3, -0.25) is 24.8 Å². The molecule has 170 valence electrons. The number of imide groups is 1. The molecule has 2 bridgehead atoms. The molecule has 0 saturated carbocycles. The second-order valence-electron chi connectivity index (χ2n) is 9.57. The number of anilines is 1. The van der Waals surface area contributed by atoms with E-state index in [-0.39, 0.29) is 12.3 Å².